The Kier molecular flexibility index (Phi) is 7.33. The molecule has 8 heteroatoms. The summed E-state index contributed by atoms with van der Waals surface area (Å²) in [5, 5.41) is -0.440. The highest BCUT2D eigenvalue weighted by Crippen LogP contribution is 2.35. The highest BCUT2D eigenvalue weighted by atomic mass is 35.5. The molecule has 1 atom stereocenters. The molecule has 0 saturated heterocycles. The average molecular weight is 332 g/mol. The lowest BCUT2D eigenvalue weighted by Gasteiger charge is -2.14. The van der Waals surface area contributed by atoms with Gasteiger partial charge in [-0.3, -0.25) is 4.79 Å². The summed E-state index contributed by atoms with van der Waals surface area (Å²) in [6, 6.07) is 2.43. The Balaban J connectivity index is 0.00000361. The quantitative estimate of drug-likeness (QED) is 0.855. The third-order valence-corrected chi connectivity index (χ3v) is 2.73. The van der Waals surface area contributed by atoms with Crippen molar-refractivity contribution in [2.45, 2.75) is 25.6 Å². The van der Waals surface area contributed by atoms with E-state index in [9.17, 15) is 18.0 Å². The Morgan fingerprint density at radius 3 is 2.50 bits per heavy atom. The fourth-order valence-corrected chi connectivity index (χ4v) is 1.81. The van der Waals surface area contributed by atoms with Gasteiger partial charge in [0.1, 0.15) is 0 Å². The normalized spacial score (nSPS) is 12.5. The van der Waals surface area contributed by atoms with Gasteiger partial charge in [-0.25, -0.2) is 0 Å². The molecule has 0 aromatic heterocycles. The van der Waals surface area contributed by atoms with Gasteiger partial charge < -0.3 is 10.5 Å². The summed E-state index contributed by atoms with van der Waals surface area (Å²) in [7, 11) is 0. The number of esters is 1. The van der Waals surface area contributed by atoms with Gasteiger partial charge in [-0.15, -0.1) is 12.4 Å². The zero-order valence-electron chi connectivity index (χ0n) is 10.5. The second-order valence-electron chi connectivity index (χ2n) is 3.85. The lowest BCUT2D eigenvalue weighted by molar-refractivity contribution is -0.143. The van der Waals surface area contributed by atoms with Gasteiger partial charge in [0.05, 0.1) is 23.6 Å². The molecule has 0 bridgehead atoms. The zero-order chi connectivity index (χ0) is 14.6. The molecule has 20 heavy (non-hydrogen) atoms. The molecule has 0 spiro atoms. The first kappa shape index (κ1) is 19.0. The van der Waals surface area contributed by atoms with Crippen LogP contribution in [0, 0.1) is 0 Å². The van der Waals surface area contributed by atoms with Crippen LogP contribution in [-0.2, 0) is 15.7 Å². The van der Waals surface area contributed by atoms with E-state index in [2.05, 4.69) is 0 Å². The molecule has 0 aliphatic heterocycles. The summed E-state index contributed by atoms with van der Waals surface area (Å²) in [4.78, 5) is 11.2. The van der Waals surface area contributed by atoms with Crippen LogP contribution in [-0.4, -0.2) is 12.6 Å². The average Bonchev–Trinajstić information content (AvgIpc) is 2.27. The topological polar surface area (TPSA) is 52.3 Å². The molecule has 0 aliphatic rings. The van der Waals surface area contributed by atoms with Crippen LogP contribution < -0.4 is 5.73 Å². The maximum atomic E-state index is 12.5. The molecule has 0 radical (unpaired) electrons. The Morgan fingerprint density at radius 2 is 2.05 bits per heavy atom. The first-order chi connectivity index (χ1) is 8.75. The number of hydrogen-bond acceptors (Lipinski definition) is 3. The number of ether oxygens (including phenoxy) is 1. The van der Waals surface area contributed by atoms with E-state index in [1.165, 1.54) is 6.07 Å². The molecule has 0 heterocycles. The number of carbonyl (C=O) groups excluding carboxylic acids is 1. The van der Waals surface area contributed by atoms with Crippen LogP contribution in [0.3, 0.4) is 0 Å². The van der Waals surface area contributed by atoms with Crippen molar-refractivity contribution < 1.29 is 22.7 Å². The van der Waals surface area contributed by atoms with Crippen molar-refractivity contribution in [2.75, 3.05) is 6.61 Å². The lowest BCUT2D eigenvalue weighted by Crippen LogP contribution is -2.17. The van der Waals surface area contributed by atoms with E-state index in [0.29, 0.717) is 5.56 Å². The van der Waals surface area contributed by atoms with Crippen LogP contribution in [0.15, 0.2) is 18.2 Å². The molecular weight excluding hydrogens is 318 g/mol. The van der Waals surface area contributed by atoms with E-state index in [4.69, 9.17) is 22.1 Å². The number of carbonyl (C=O) groups is 1. The Morgan fingerprint density at radius 1 is 1.45 bits per heavy atom. The van der Waals surface area contributed by atoms with Gasteiger partial charge in [-0.05, 0) is 24.6 Å². The molecule has 1 aromatic carbocycles. The van der Waals surface area contributed by atoms with Crippen molar-refractivity contribution in [3.05, 3.63) is 34.3 Å². The Hall–Kier alpha value is -0.980. The molecule has 1 aromatic rings. The summed E-state index contributed by atoms with van der Waals surface area (Å²) in [5.74, 6) is -0.508. The van der Waals surface area contributed by atoms with Gasteiger partial charge in [-0.1, -0.05) is 17.7 Å². The van der Waals surface area contributed by atoms with Gasteiger partial charge in [0, 0.05) is 6.04 Å². The number of alkyl halides is 3. The van der Waals surface area contributed by atoms with Crippen LogP contribution >= 0.6 is 24.0 Å². The number of nitrogens with two attached hydrogens (primary N) is 1. The van der Waals surface area contributed by atoms with Crippen LogP contribution in [0.4, 0.5) is 13.2 Å². The predicted molar refractivity (Wildman–Crippen MR) is 71.9 cm³/mol. The molecule has 0 aliphatic carbocycles. The minimum atomic E-state index is -4.51. The van der Waals surface area contributed by atoms with E-state index in [0.717, 1.165) is 12.1 Å². The first-order valence-electron chi connectivity index (χ1n) is 5.53. The van der Waals surface area contributed by atoms with E-state index < -0.39 is 28.8 Å². The van der Waals surface area contributed by atoms with Gasteiger partial charge in [0.2, 0.25) is 0 Å². The zero-order valence-corrected chi connectivity index (χ0v) is 12.1. The van der Waals surface area contributed by atoms with Crippen LogP contribution in [0.25, 0.3) is 0 Å². The number of hydrogen-bond donors (Lipinski definition) is 1. The van der Waals surface area contributed by atoms with Crippen LogP contribution in [0.5, 0.6) is 0 Å². The van der Waals surface area contributed by atoms with Gasteiger partial charge in [-0.2, -0.15) is 13.2 Å². The molecule has 3 nitrogen and oxygen atoms in total. The Bertz CT molecular complexity index is 467. The third kappa shape index (κ3) is 5.19. The molecule has 114 valence electrons. The van der Waals surface area contributed by atoms with Crippen molar-refractivity contribution in [2.24, 2.45) is 5.73 Å². The second kappa shape index (κ2) is 7.71. The summed E-state index contributed by atoms with van der Waals surface area (Å²) in [6.45, 7) is 1.87. The number of halogens is 5. The highest BCUT2D eigenvalue weighted by Gasteiger charge is 2.33. The van der Waals surface area contributed by atoms with Crippen molar-refractivity contribution in [1.82, 2.24) is 0 Å². The highest BCUT2D eigenvalue weighted by molar-refractivity contribution is 6.31. The minimum absolute atomic E-state index is 0. The molecular formula is C12H14Cl2F3NO2. The summed E-state index contributed by atoms with van der Waals surface area (Å²) >= 11 is 5.56. The standard InChI is InChI=1S/C12H13ClF3NO2.ClH/c1-2-19-11(18)6-10(17)7-3-4-8(9(13)5-7)12(14,15)16;/h3-5,10H,2,6,17H2,1H3;1H/t10-;/m1./s1. The van der Waals surface area contributed by atoms with Crippen molar-refractivity contribution in [3.8, 4) is 0 Å². The number of benzene rings is 1. The van der Waals surface area contributed by atoms with Gasteiger partial charge in [0.25, 0.3) is 0 Å². The van der Waals surface area contributed by atoms with E-state index in [-0.39, 0.29) is 25.4 Å². The molecule has 2 N–H and O–H groups in total. The van der Waals surface area contributed by atoms with Crippen molar-refractivity contribution >= 4 is 30.0 Å². The fraction of sp³-hybridized carbons (Fsp3) is 0.417. The van der Waals surface area contributed by atoms with E-state index in [1.807, 2.05) is 0 Å². The van der Waals surface area contributed by atoms with E-state index >= 15 is 0 Å². The SMILES string of the molecule is CCOC(=O)C[C@@H](N)c1ccc(C(F)(F)F)c(Cl)c1.Cl. The van der Waals surface area contributed by atoms with E-state index in [1.54, 1.807) is 6.92 Å². The first-order valence-corrected chi connectivity index (χ1v) is 5.91. The van der Waals surface area contributed by atoms with Crippen LogP contribution in [0.1, 0.15) is 30.5 Å². The molecule has 0 fully saturated rings. The van der Waals surface area contributed by atoms with Crippen molar-refractivity contribution in [1.29, 1.82) is 0 Å². The van der Waals surface area contributed by atoms with Crippen LogP contribution in [0.2, 0.25) is 5.02 Å². The molecule has 0 amide bonds. The Labute approximate surface area is 125 Å². The minimum Gasteiger partial charge on any atom is -0.466 e. The largest absolute Gasteiger partial charge is 0.466 e. The molecule has 0 unspecified atom stereocenters. The lowest BCUT2D eigenvalue weighted by atomic mass is 10.0. The summed E-state index contributed by atoms with van der Waals surface area (Å²) in [6.07, 6.45) is -4.63. The number of rotatable bonds is 4. The second-order valence-corrected chi connectivity index (χ2v) is 4.26. The molecule has 1 rings (SSSR count). The van der Waals surface area contributed by atoms with Gasteiger partial charge >= 0.3 is 12.1 Å². The third-order valence-electron chi connectivity index (χ3n) is 2.42. The van der Waals surface area contributed by atoms with Gasteiger partial charge in [0.15, 0.2) is 0 Å². The fourth-order valence-electron chi connectivity index (χ4n) is 1.51. The predicted octanol–water partition coefficient (Wildman–Crippen LogP) is 3.73. The maximum absolute atomic E-state index is 12.5. The maximum Gasteiger partial charge on any atom is 0.417 e. The van der Waals surface area contributed by atoms with Crippen molar-refractivity contribution in [3.63, 3.8) is 0 Å². The molecule has 0 saturated carbocycles. The smallest absolute Gasteiger partial charge is 0.417 e. The summed E-state index contributed by atoms with van der Waals surface area (Å²) < 4.78 is 42.2. The summed E-state index contributed by atoms with van der Waals surface area (Å²) in [5.41, 5.74) is 5.14. The monoisotopic (exact) mass is 331 g/mol.